The molecule has 8 heteroatoms. The minimum absolute atomic E-state index is 0.106. The van der Waals surface area contributed by atoms with Gasteiger partial charge in [0, 0.05) is 36.6 Å². The summed E-state index contributed by atoms with van der Waals surface area (Å²) in [6.45, 7) is 3.92. The van der Waals surface area contributed by atoms with Crippen LogP contribution in [0, 0.1) is 0 Å². The van der Waals surface area contributed by atoms with Gasteiger partial charge in [0.2, 0.25) is 11.7 Å². The van der Waals surface area contributed by atoms with E-state index in [4.69, 9.17) is 4.74 Å². The standard InChI is InChI=1S/C21H25N5O3/c1-2-29-13-7-12-22-18(27)14-25-17-11-6-10-16(17)20(28)26-21(25)23-19(24-26)15-8-4-3-5-9-15/h3-5,8-9H,2,6-7,10-14H2,1H3,(H,22,27). The summed E-state index contributed by atoms with van der Waals surface area (Å²) in [6, 6.07) is 9.54. The first-order valence-corrected chi connectivity index (χ1v) is 10.1. The number of benzene rings is 1. The van der Waals surface area contributed by atoms with E-state index in [-0.39, 0.29) is 18.0 Å². The van der Waals surface area contributed by atoms with Gasteiger partial charge in [-0.3, -0.25) is 9.59 Å². The Kier molecular flexibility index (Phi) is 5.71. The normalized spacial score (nSPS) is 13.0. The Bertz CT molecular complexity index is 1070. The molecule has 0 unspecified atom stereocenters. The van der Waals surface area contributed by atoms with Gasteiger partial charge < -0.3 is 14.6 Å². The largest absolute Gasteiger partial charge is 0.382 e. The van der Waals surface area contributed by atoms with Crippen molar-refractivity contribution in [2.75, 3.05) is 19.8 Å². The topological polar surface area (TPSA) is 90.5 Å². The highest BCUT2D eigenvalue weighted by Gasteiger charge is 2.25. The number of nitrogens with one attached hydrogen (secondary N) is 1. The summed E-state index contributed by atoms with van der Waals surface area (Å²) in [5.41, 5.74) is 2.35. The quantitative estimate of drug-likeness (QED) is 0.585. The predicted octanol–water partition coefficient (Wildman–Crippen LogP) is 1.59. The van der Waals surface area contributed by atoms with Gasteiger partial charge in [0.1, 0.15) is 6.54 Å². The van der Waals surface area contributed by atoms with E-state index in [1.165, 1.54) is 4.52 Å². The van der Waals surface area contributed by atoms with E-state index < -0.39 is 0 Å². The Hall–Kier alpha value is -3.00. The molecule has 1 aromatic carbocycles. The fraction of sp³-hybridized carbons (Fsp3) is 0.429. The third kappa shape index (κ3) is 3.93. The molecule has 8 nitrogen and oxygen atoms in total. The zero-order valence-electron chi connectivity index (χ0n) is 16.6. The van der Waals surface area contributed by atoms with Crippen molar-refractivity contribution in [1.29, 1.82) is 0 Å². The summed E-state index contributed by atoms with van der Waals surface area (Å²) in [6.07, 6.45) is 3.15. The molecular weight excluding hydrogens is 370 g/mol. The fourth-order valence-corrected chi connectivity index (χ4v) is 3.74. The second-order valence-electron chi connectivity index (χ2n) is 7.08. The van der Waals surface area contributed by atoms with Crippen molar-refractivity contribution in [3.8, 4) is 11.4 Å². The second-order valence-corrected chi connectivity index (χ2v) is 7.08. The van der Waals surface area contributed by atoms with E-state index in [0.29, 0.717) is 37.8 Å². The lowest BCUT2D eigenvalue weighted by Gasteiger charge is -2.13. The van der Waals surface area contributed by atoms with E-state index in [1.54, 1.807) is 0 Å². The first kappa shape index (κ1) is 19.3. The highest BCUT2D eigenvalue weighted by Crippen LogP contribution is 2.22. The molecule has 0 radical (unpaired) electrons. The summed E-state index contributed by atoms with van der Waals surface area (Å²) in [7, 11) is 0. The summed E-state index contributed by atoms with van der Waals surface area (Å²) in [5, 5.41) is 7.37. The first-order valence-electron chi connectivity index (χ1n) is 10.1. The molecule has 1 aliphatic carbocycles. The number of ether oxygens (including phenoxy) is 1. The van der Waals surface area contributed by atoms with Crippen molar-refractivity contribution in [2.45, 2.75) is 39.2 Å². The number of hydrogen-bond acceptors (Lipinski definition) is 5. The molecule has 0 saturated carbocycles. The molecule has 0 fully saturated rings. The smallest absolute Gasteiger partial charge is 0.279 e. The van der Waals surface area contributed by atoms with E-state index in [1.807, 2.05) is 41.8 Å². The van der Waals surface area contributed by atoms with Crippen molar-refractivity contribution < 1.29 is 9.53 Å². The Labute approximate surface area is 168 Å². The van der Waals surface area contributed by atoms with Gasteiger partial charge in [0.05, 0.1) is 0 Å². The summed E-state index contributed by atoms with van der Waals surface area (Å²) >= 11 is 0. The van der Waals surface area contributed by atoms with Gasteiger partial charge in [0.15, 0.2) is 5.82 Å². The predicted molar refractivity (Wildman–Crippen MR) is 109 cm³/mol. The van der Waals surface area contributed by atoms with E-state index >= 15 is 0 Å². The van der Waals surface area contributed by atoms with Crippen LogP contribution in [0.5, 0.6) is 0 Å². The van der Waals surface area contributed by atoms with Crippen molar-refractivity contribution in [3.05, 3.63) is 51.9 Å². The lowest BCUT2D eigenvalue weighted by atomic mass is 10.2. The highest BCUT2D eigenvalue weighted by atomic mass is 16.5. The van der Waals surface area contributed by atoms with Crippen LogP contribution in [0.25, 0.3) is 17.2 Å². The van der Waals surface area contributed by atoms with Gasteiger partial charge in [-0.1, -0.05) is 30.3 Å². The second kappa shape index (κ2) is 8.57. The van der Waals surface area contributed by atoms with Crippen molar-refractivity contribution in [2.24, 2.45) is 0 Å². The van der Waals surface area contributed by atoms with Crippen molar-refractivity contribution in [3.63, 3.8) is 0 Å². The molecule has 0 spiro atoms. The van der Waals surface area contributed by atoms with Crippen LogP contribution < -0.4 is 10.9 Å². The van der Waals surface area contributed by atoms with Gasteiger partial charge in [-0.05, 0) is 32.6 Å². The Morgan fingerprint density at radius 2 is 2.07 bits per heavy atom. The van der Waals surface area contributed by atoms with Gasteiger partial charge >= 0.3 is 0 Å². The first-order chi connectivity index (χ1) is 14.2. The fourth-order valence-electron chi connectivity index (χ4n) is 3.74. The number of carbonyl (C=O) groups is 1. The number of fused-ring (bicyclic) bond motifs is 2. The van der Waals surface area contributed by atoms with Crippen LogP contribution >= 0.6 is 0 Å². The lowest BCUT2D eigenvalue weighted by Crippen LogP contribution is -2.32. The molecule has 0 atom stereocenters. The minimum atomic E-state index is -0.129. The van der Waals surface area contributed by atoms with E-state index in [2.05, 4.69) is 15.4 Å². The Morgan fingerprint density at radius 3 is 2.86 bits per heavy atom. The van der Waals surface area contributed by atoms with Gasteiger partial charge in [-0.25, -0.2) is 0 Å². The molecule has 3 aromatic rings. The maximum absolute atomic E-state index is 12.9. The van der Waals surface area contributed by atoms with Gasteiger partial charge in [-0.2, -0.15) is 9.50 Å². The molecule has 0 bridgehead atoms. The van der Waals surface area contributed by atoms with Crippen LogP contribution in [0.1, 0.15) is 31.0 Å². The summed E-state index contributed by atoms with van der Waals surface area (Å²) in [5.74, 6) is 0.793. The van der Waals surface area contributed by atoms with Gasteiger partial charge in [0.25, 0.3) is 5.56 Å². The summed E-state index contributed by atoms with van der Waals surface area (Å²) in [4.78, 5) is 30.1. The number of hydrogen-bond donors (Lipinski definition) is 1. The van der Waals surface area contributed by atoms with E-state index in [9.17, 15) is 9.59 Å². The average Bonchev–Trinajstić information content (AvgIpc) is 3.40. The molecule has 29 heavy (non-hydrogen) atoms. The number of amides is 1. The van der Waals surface area contributed by atoms with Crippen LogP contribution in [0.2, 0.25) is 0 Å². The number of nitrogens with zero attached hydrogens (tertiary/aromatic N) is 4. The number of aromatic nitrogens is 4. The average molecular weight is 395 g/mol. The van der Waals surface area contributed by atoms with Crippen LogP contribution in [-0.2, 0) is 28.9 Å². The maximum atomic E-state index is 12.9. The molecule has 1 N–H and O–H groups in total. The van der Waals surface area contributed by atoms with Crippen LogP contribution in [0.4, 0.5) is 0 Å². The number of rotatable bonds is 8. The SMILES string of the molecule is CCOCCCNC(=O)Cn1c2c(c(=O)n3nc(-c4ccccc4)nc13)CCC2. The molecule has 0 aliphatic heterocycles. The summed E-state index contributed by atoms with van der Waals surface area (Å²) < 4.78 is 8.49. The molecule has 0 saturated heterocycles. The van der Waals surface area contributed by atoms with Gasteiger partial charge in [-0.15, -0.1) is 5.10 Å². The van der Waals surface area contributed by atoms with Crippen molar-refractivity contribution in [1.82, 2.24) is 24.5 Å². The zero-order chi connectivity index (χ0) is 20.2. The third-order valence-corrected chi connectivity index (χ3v) is 5.12. The molecule has 1 amide bonds. The molecule has 1 aliphatic rings. The molecule has 2 heterocycles. The van der Waals surface area contributed by atoms with Crippen LogP contribution in [0.15, 0.2) is 35.1 Å². The third-order valence-electron chi connectivity index (χ3n) is 5.12. The highest BCUT2D eigenvalue weighted by molar-refractivity contribution is 5.76. The molecule has 2 aromatic heterocycles. The van der Waals surface area contributed by atoms with Crippen LogP contribution in [-0.4, -0.2) is 44.8 Å². The van der Waals surface area contributed by atoms with Crippen molar-refractivity contribution >= 4 is 11.7 Å². The van der Waals surface area contributed by atoms with E-state index in [0.717, 1.165) is 36.1 Å². The molecule has 152 valence electrons. The minimum Gasteiger partial charge on any atom is -0.382 e. The molecular formula is C21H25N5O3. The Morgan fingerprint density at radius 1 is 1.24 bits per heavy atom. The van der Waals surface area contributed by atoms with Crippen LogP contribution in [0.3, 0.4) is 0 Å². The Balaban J connectivity index is 1.65. The number of carbonyl (C=O) groups excluding carboxylic acids is 1. The maximum Gasteiger partial charge on any atom is 0.279 e. The lowest BCUT2D eigenvalue weighted by molar-refractivity contribution is -0.121. The molecule has 4 rings (SSSR count). The zero-order valence-corrected chi connectivity index (χ0v) is 16.6. The monoisotopic (exact) mass is 395 g/mol.